The molecule has 22 heavy (non-hydrogen) atoms. The molecule has 0 aliphatic rings. The van der Waals surface area contributed by atoms with E-state index in [2.05, 4.69) is 25.9 Å². The average molecular weight is 337 g/mol. The van der Waals surface area contributed by atoms with Crippen molar-refractivity contribution in [3.05, 3.63) is 0 Å². The van der Waals surface area contributed by atoms with Crippen LogP contribution in [-0.4, -0.2) is 25.5 Å². The zero-order chi connectivity index (χ0) is 14.9. The van der Waals surface area contributed by atoms with Crippen molar-refractivity contribution in [1.29, 1.82) is 0 Å². The number of halogens is 1. The molecule has 0 unspecified atom stereocenters. The monoisotopic (exact) mass is 336 g/mol. The molecule has 0 radical (unpaired) electrons. The topological polar surface area (TPSA) is 38.2 Å². The molecule has 0 atom stereocenters. The maximum atomic E-state index is 2.29. The molecule has 3 heteroatoms. The van der Waals surface area contributed by atoms with Crippen LogP contribution in [0.3, 0.4) is 0 Å². The summed E-state index contributed by atoms with van der Waals surface area (Å²) in [6, 6.07) is 0. The van der Waals surface area contributed by atoms with Crippen molar-refractivity contribution in [2.24, 2.45) is 0 Å². The lowest BCUT2D eigenvalue weighted by atomic mass is 10.0. The normalized spacial score (nSPS) is 10.4. The van der Waals surface area contributed by atoms with E-state index in [1.807, 2.05) is 0 Å². The summed E-state index contributed by atoms with van der Waals surface area (Å²) < 4.78 is 0. The van der Waals surface area contributed by atoms with E-state index in [4.69, 9.17) is 0 Å². The first kappa shape index (κ1) is 27.1. The van der Waals surface area contributed by atoms with Crippen LogP contribution in [0.1, 0.15) is 103 Å². The fourth-order valence-electron chi connectivity index (χ4n) is 2.80. The van der Waals surface area contributed by atoms with Crippen LogP contribution in [0.2, 0.25) is 0 Å². The van der Waals surface area contributed by atoms with Gasteiger partial charge in [0.05, 0.1) is 0 Å². The molecule has 0 saturated carbocycles. The van der Waals surface area contributed by atoms with Crippen molar-refractivity contribution in [3.63, 3.8) is 0 Å². The third-order valence-electron chi connectivity index (χ3n) is 4.21. The van der Waals surface area contributed by atoms with Gasteiger partial charge in [0.2, 0.25) is 0 Å². The Morgan fingerprint density at radius 2 is 0.773 bits per heavy atom. The smallest absolute Gasteiger partial charge is 0.00248 e. The van der Waals surface area contributed by atoms with Gasteiger partial charge in [-0.05, 0) is 27.1 Å². The zero-order valence-corrected chi connectivity index (χ0v) is 16.7. The Labute approximate surface area is 147 Å². The van der Waals surface area contributed by atoms with Crippen LogP contribution in [0.5, 0.6) is 0 Å². The third kappa shape index (κ3) is 25.2. The number of unbranched alkanes of at least 4 members (excludes halogenated alkanes) is 14. The first-order valence-electron chi connectivity index (χ1n) is 9.42. The molecule has 0 aliphatic carbocycles. The number of rotatable bonds is 16. The molecule has 0 fully saturated rings. The van der Waals surface area contributed by atoms with E-state index in [9.17, 15) is 0 Å². The van der Waals surface area contributed by atoms with Gasteiger partial charge in [0, 0.05) is 0 Å². The van der Waals surface area contributed by atoms with Crippen LogP contribution in [0.25, 0.3) is 0 Å². The second-order valence-electron chi connectivity index (χ2n) is 6.75. The van der Waals surface area contributed by atoms with Gasteiger partial charge in [-0.2, -0.15) is 0 Å². The van der Waals surface area contributed by atoms with Crippen LogP contribution < -0.4 is 6.15 Å². The highest BCUT2D eigenvalue weighted by Crippen LogP contribution is 2.13. The van der Waals surface area contributed by atoms with Crippen LogP contribution in [0.4, 0.5) is 0 Å². The lowest BCUT2D eigenvalue weighted by Gasteiger charge is -2.08. The SMILES string of the molecule is CCCCCCCCCCCCCCCCCN(C)C.Cl.N. The predicted octanol–water partition coefficient (Wildman–Crippen LogP) is 7.00. The lowest BCUT2D eigenvalue weighted by molar-refractivity contribution is 0.389. The minimum Gasteiger partial charge on any atom is -0.344 e. The van der Waals surface area contributed by atoms with Gasteiger partial charge >= 0.3 is 0 Å². The summed E-state index contributed by atoms with van der Waals surface area (Å²) in [5.41, 5.74) is 0. The summed E-state index contributed by atoms with van der Waals surface area (Å²) in [5, 5.41) is 0. The predicted molar refractivity (Wildman–Crippen MR) is 106 cm³/mol. The van der Waals surface area contributed by atoms with Gasteiger partial charge in [0.15, 0.2) is 0 Å². The zero-order valence-electron chi connectivity index (χ0n) is 15.9. The molecule has 3 N–H and O–H groups in total. The Bertz CT molecular complexity index is 175. The summed E-state index contributed by atoms with van der Waals surface area (Å²) in [6.45, 7) is 3.56. The quantitative estimate of drug-likeness (QED) is 0.308. The van der Waals surface area contributed by atoms with E-state index in [1.165, 1.54) is 103 Å². The van der Waals surface area contributed by atoms with Gasteiger partial charge < -0.3 is 11.1 Å². The number of hydrogen-bond acceptors (Lipinski definition) is 2. The number of hydrogen-bond donors (Lipinski definition) is 1. The average Bonchev–Trinajstić information content (AvgIpc) is 2.43. The summed E-state index contributed by atoms with van der Waals surface area (Å²) in [5.74, 6) is 0. The Hall–Kier alpha value is 0.210. The fraction of sp³-hybridized carbons (Fsp3) is 1.00. The Morgan fingerprint density at radius 3 is 1.05 bits per heavy atom. The van der Waals surface area contributed by atoms with Gasteiger partial charge in [-0.25, -0.2) is 0 Å². The summed E-state index contributed by atoms with van der Waals surface area (Å²) >= 11 is 0. The van der Waals surface area contributed by atoms with Gasteiger partial charge in [-0.15, -0.1) is 12.4 Å². The number of nitrogens with zero attached hydrogens (tertiary/aromatic N) is 1. The molecule has 0 amide bonds. The van der Waals surface area contributed by atoms with E-state index >= 15 is 0 Å². The molecule has 0 aromatic heterocycles. The second kappa shape index (κ2) is 23.5. The van der Waals surface area contributed by atoms with Gasteiger partial charge in [-0.1, -0.05) is 96.8 Å². The molecule has 0 rings (SSSR count). The molecule has 0 saturated heterocycles. The standard InChI is InChI=1S/C19H41N.ClH.H3N/c1-4-5-6-7-8-9-10-11-12-13-14-15-16-17-18-19-20(2)3;;/h4-19H2,1-3H3;1H;1H3. The first-order valence-corrected chi connectivity index (χ1v) is 9.42. The van der Waals surface area contributed by atoms with Crippen LogP contribution in [-0.2, 0) is 0 Å². The Morgan fingerprint density at radius 1 is 0.500 bits per heavy atom. The van der Waals surface area contributed by atoms with Crippen LogP contribution in [0.15, 0.2) is 0 Å². The summed E-state index contributed by atoms with van der Waals surface area (Å²) in [6.07, 6.45) is 21.8. The maximum absolute atomic E-state index is 2.29. The molecule has 2 nitrogen and oxygen atoms in total. The molecule has 0 aliphatic heterocycles. The van der Waals surface area contributed by atoms with E-state index in [1.54, 1.807) is 0 Å². The van der Waals surface area contributed by atoms with E-state index in [-0.39, 0.29) is 18.6 Å². The van der Waals surface area contributed by atoms with Crippen LogP contribution in [0, 0.1) is 0 Å². The fourth-order valence-corrected chi connectivity index (χ4v) is 2.80. The molecule has 138 valence electrons. The van der Waals surface area contributed by atoms with Crippen molar-refractivity contribution in [3.8, 4) is 0 Å². The lowest BCUT2D eigenvalue weighted by Crippen LogP contribution is -2.12. The van der Waals surface area contributed by atoms with Gasteiger partial charge in [0.25, 0.3) is 0 Å². The molecular formula is C19H45ClN2. The summed E-state index contributed by atoms with van der Waals surface area (Å²) in [4.78, 5) is 2.29. The first-order chi connectivity index (χ1) is 9.77. The van der Waals surface area contributed by atoms with Gasteiger partial charge in [0.1, 0.15) is 0 Å². The highest BCUT2D eigenvalue weighted by Gasteiger charge is 1.94. The third-order valence-corrected chi connectivity index (χ3v) is 4.21. The molecular weight excluding hydrogens is 292 g/mol. The van der Waals surface area contributed by atoms with E-state index < -0.39 is 0 Å². The largest absolute Gasteiger partial charge is 0.344 e. The molecule has 0 aromatic rings. The van der Waals surface area contributed by atoms with E-state index in [0.29, 0.717) is 0 Å². The minimum atomic E-state index is 0. The highest BCUT2D eigenvalue weighted by molar-refractivity contribution is 5.85. The van der Waals surface area contributed by atoms with Crippen molar-refractivity contribution in [1.82, 2.24) is 11.1 Å². The van der Waals surface area contributed by atoms with Gasteiger partial charge in [-0.3, -0.25) is 0 Å². The second-order valence-corrected chi connectivity index (χ2v) is 6.75. The minimum absolute atomic E-state index is 0. The molecule has 0 spiro atoms. The van der Waals surface area contributed by atoms with Crippen LogP contribution >= 0.6 is 12.4 Å². The molecule has 0 aromatic carbocycles. The Kier molecular flexibility index (Phi) is 28.9. The maximum Gasteiger partial charge on any atom is -0.00248 e. The highest BCUT2D eigenvalue weighted by atomic mass is 35.5. The van der Waals surface area contributed by atoms with Crippen molar-refractivity contribution < 1.29 is 0 Å². The Balaban J connectivity index is -0.00000180. The molecule has 0 bridgehead atoms. The van der Waals surface area contributed by atoms with Crippen molar-refractivity contribution in [2.75, 3.05) is 20.6 Å². The van der Waals surface area contributed by atoms with Crippen molar-refractivity contribution in [2.45, 2.75) is 103 Å². The summed E-state index contributed by atoms with van der Waals surface area (Å²) in [7, 11) is 4.34. The van der Waals surface area contributed by atoms with E-state index in [0.717, 1.165) is 0 Å². The van der Waals surface area contributed by atoms with Crippen molar-refractivity contribution >= 4 is 12.4 Å². The molecule has 0 heterocycles.